The number of hydrogen-bond acceptors (Lipinski definition) is 4. The van der Waals surface area contributed by atoms with Crippen molar-refractivity contribution < 1.29 is 5.11 Å². The Morgan fingerprint density at radius 2 is 2.11 bits per heavy atom. The van der Waals surface area contributed by atoms with E-state index in [1.165, 1.54) is 23.1 Å². The molecule has 0 saturated heterocycles. The van der Waals surface area contributed by atoms with Crippen molar-refractivity contribution in [3.8, 4) is 16.2 Å². The quantitative estimate of drug-likeness (QED) is 0.673. The second-order valence-electron chi connectivity index (χ2n) is 3.98. The Hall–Kier alpha value is -1.23. The van der Waals surface area contributed by atoms with Crippen LogP contribution in [0.2, 0.25) is 5.02 Å². The van der Waals surface area contributed by atoms with Crippen LogP contribution >= 0.6 is 34.7 Å². The monoisotopic (exact) mass is 307 g/mol. The summed E-state index contributed by atoms with van der Waals surface area (Å²) >= 11 is 9.20. The number of pyridine rings is 1. The number of thioether (sulfide) groups is 1. The Balaban J connectivity index is 2.23. The Labute approximate surface area is 124 Å². The maximum atomic E-state index is 10.2. The van der Waals surface area contributed by atoms with Gasteiger partial charge in [0.25, 0.3) is 0 Å². The lowest BCUT2D eigenvalue weighted by molar-refractivity contribution is 0.469. The molecule has 5 heteroatoms. The summed E-state index contributed by atoms with van der Waals surface area (Å²) in [5.41, 5.74) is 1.77. The molecule has 0 saturated carbocycles. The van der Waals surface area contributed by atoms with Crippen LogP contribution in [0.5, 0.6) is 5.75 Å². The van der Waals surface area contributed by atoms with Gasteiger partial charge in [0.15, 0.2) is 0 Å². The molecule has 0 bridgehead atoms. The summed E-state index contributed by atoms with van der Waals surface area (Å²) in [6.45, 7) is 0. The normalized spacial score (nSPS) is 11.1. The molecule has 0 fully saturated rings. The van der Waals surface area contributed by atoms with Gasteiger partial charge in [-0.05, 0) is 18.4 Å². The lowest BCUT2D eigenvalue weighted by Crippen LogP contribution is -1.77. The maximum absolute atomic E-state index is 10.2. The van der Waals surface area contributed by atoms with Gasteiger partial charge in [-0.3, -0.25) is 4.98 Å². The third kappa shape index (κ3) is 2.20. The molecule has 2 heterocycles. The molecular weight excluding hydrogens is 298 g/mol. The van der Waals surface area contributed by atoms with E-state index in [9.17, 15) is 5.11 Å². The molecule has 0 spiro atoms. The number of hydrogen-bond donors (Lipinski definition) is 1. The van der Waals surface area contributed by atoms with Gasteiger partial charge in [0, 0.05) is 21.7 Å². The number of nitrogens with zero attached hydrogens (tertiary/aromatic N) is 1. The fourth-order valence-electron chi connectivity index (χ4n) is 1.89. The first kappa shape index (κ1) is 12.8. The molecule has 0 radical (unpaired) electrons. The minimum Gasteiger partial charge on any atom is -0.505 e. The molecule has 3 aromatic rings. The third-order valence-electron chi connectivity index (χ3n) is 2.84. The van der Waals surface area contributed by atoms with Crippen molar-refractivity contribution in [2.24, 2.45) is 0 Å². The van der Waals surface area contributed by atoms with Gasteiger partial charge < -0.3 is 5.11 Å². The van der Waals surface area contributed by atoms with E-state index in [1.54, 1.807) is 6.20 Å². The number of fused-ring (bicyclic) bond motifs is 1. The van der Waals surface area contributed by atoms with Crippen LogP contribution < -0.4 is 0 Å². The molecule has 0 atom stereocenters. The summed E-state index contributed by atoms with van der Waals surface area (Å²) in [5.74, 6) is 0.306. The lowest BCUT2D eigenvalue weighted by Gasteiger charge is -2.00. The Kier molecular flexibility index (Phi) is 3.39. The van der Waals surface area contributed by atoms with Crippen LogP contribution in [0.3, 0.4) is 0 Å². The summed E-state index contributed by atoms with van der Waals surface area (Å²) in [6.07, 6.45) is 3.62. The molecule has 0 unspecified atom stereocenters. The van der Waals surface area contributed by atoms with Crippen LogP contribution in [-0.2, 0) is 0 Å². The fourth-order valence-corrected chi connectivity index (χ4v) is 3.80. The van der Waals surface area contributed by atoms with Crippen LogP contribution in [0.15, 0.2) is 41.4 Å². The zero-order chi connectivity index (χ0) is 13.4. The first-order chi connectivity index (χ1) is 9.20. The third-order valence-corrected chi connectivity index (χ3v) is 5.07. The molecule has 3 rings (SSSR count). The summed E-state index contributed by atoms with van der Waals surface area (Å²) in [6, 6.07) is 9.65. The molecule has 1 N–H and O–H groups in total. The average Bonchev–Trinajstić information content (AvgIpc) is 2.84. The minimum atomic E-state index is 0.306. The van der Waals surface area contributed by atoms with Crippen molar-refractivity contribution in [3.05, 3.63) is 41.6 Å². The van der Waals surface area contributed by atoms with Gasteiger partial charge in [0.1, 0.15) is 5.75 Å². The summed E-state index contributed by atoms with van der Waals surface area (Å²) in [5, 5.41) is 10.9. The summed E-state index contributed by atoms with van der Waals surface area (Å²) in [4.78, 5) is 6.18. The van der Waals surface area contributed by atoms with Gasteiger partial charge in [-0.15, -0.1) is 23.1 Å². The number of aromatic hydroxyl groups is 1. The molecule has 2 nitrogen and oxygen atoms in total. The van der Waals surface area contributed by atoms with Crippen molar-refractivity contribution in [2.75, 3.05) is 6.26 Å². The van der Waals surface area contributed by atoms with E-state index in [0.717, 1.165) is 25.6 Å². The highest BCUT2D eigenvalue weighted by Crippen LogP contribution is 2.42. The van der Waals surface area contributed by atoms with Gasteiger partial charge >= 0.3 is 0 Å². The van der Waals surface area contributed by atoms with Gasteiger partial charge in [0.05, 0.1) is 15.1 Å². The van der Waals surface area contributed by atoms with Gasteiger partial charge in [-0.1, -0.05) is 29.8 Å². The van der Waals surface area contributed by atoms with E-state index in [4.69, 9.17) is 11.6 Å². The first-order valence-electron chi connectivity index (χ1n) is 5.61. The van der Waals surface area contributed by atoms with E-state index >= 15 is 0 Å². The Morgan fingerprint density at radius 3 is 2.84 bits per heavy atom. The fraction of sp³-hybridized carbons (Fsp3) is 0.0714. The second-order valence-corrected chi connectivity index (χ2v) is 6.29. The van der Waals surface area contributed by atoms with Crippen molar-refractivity contribution in [2.45, 2.75) is 4.90 Å². The number of thiophene rings is 1. The van der Waals surface area contributed by atoms with E-state index in [0.29, 0.717) is 10.8 Å². The standard InChI is InChI=1S/C14H10ClNOS2/c1-18-12-7-16-10-6-11(19-14(10)13(12)17)8-4-2-3-5-9(8)15/h2-7H,1H3,(H,16,17). The molecule has 1 aromatic carbocycles. The molecule has 0 aliphatic heterocycles. The molecular formula is C14H10ClNOS2. The number of aromatic nitrogens is 1. The van der Waals surface area contributed by atoms with Crippen molar-refractivity contribution >= 4 is 44.9 Å². The zero-order valence-corrected chi connectivity index (χ0v) is 12.4. The van der Waals surface area contributed by atoms with E-state index in [2.05, 4.69) is 4.98 Å². The van der Waals surface area contributed by atoms with Crippen molar-refractivity contribution in [3.63, 3.8) is 0 Å². The second kappa shape index (κ2) is 5.04. The highest BCUT2D eigenvalue weighted by molar-refractivity contribution is 7.98. The summed E-state index contributed by atoms with van der Waals surface area (Å²) < 4.78 is 0.807. The number of rotatable bonds is 2. The van der Waals surface area contributed by atoms with Gasteiger partial charge in [-0.25, -0.2) is 0 Å². The van der Waals surface area contributed by atoms with Crippen molar-refractivity contribution in [1.29, 1.82) is 0 Å². The predicted molar refractivity (Wildman–Crippen MR) is 83.5 cm³/mol. The van der Waals surface area contributed by atoms with Crippen molar-refractivity contribution in [1.82, 2.24) is 4.98 Å². The maximum Gasteiger partial charge on any atom is 0.150 e. The highest BCUT2D eigenvalue weighted by atomic mass is 35.5. The largest absolute Gasteiger partial charge is 0.505 e. The summed E-state index contributed by atoms with van der Waals surface area (Å²) in [7, 11) is 0. The van der Waals surface area contributed by atoms with E-state index in [1.807, 2.05) is 36.6 Å². The minimum absolute atomic E-state index is 0.306. The first-order valence-corrected chi connectivity index (χ1v) is 8.03. The Bertz CT molecular complexity index is 754. The van der Waals surface area contributed by atoms with Crippen LogP contribution in [0, 0.1) is 0 Å². The lowest BCUT2D eigenvalue weighted by atomic mass is 10.2. The molecule has 96 valence electrons. The SMILES string of the molecule is CSc1cnc2cc(-c3ccccc3Cl)sc2c1O. The van der Waals surface area contributed by atoms with E-state index in [-0.39, 0.29) is 0 Å². The van der Waals surface area contributed by atoms with Crippen LogP contribution in [0.4, 0.5) is 0 Å². The molecule has 0 aliphatic carbocycles. The van der Waals surface area contributed by atoms with Gasteiger partial charge in [-0.2, -0.15) is 0 Å². The van der Waals surface area contributed by atoms with Crippen LogP contribution in [0.25, 0.3) is 20.7 Å². The van der Waals surface area contributed by atoms with Crippen LogP contribution in [-0.4, -0.2) is 16.3 Å². The number of halogens is 1. The van der Waals surface area contributed by atoms with Gasteiger partial charge in [0.2, 0.25) is 0 Å². The predicted octanol–water partition coefficient (Wildman–Crippen LogP) is 5.04. The molecule has 0 amide bonds. The smallest absolute Gasteiger partial charge is 0.150 e. The Morgan fingerprint density at radius 1 is 1.32 bits per heavy atom. The molecule has 2 aromatic heterocycles. The number of benzene rings is 1. The van der Waals surface area contributed by atoms with E-state index < -0.39 is 0 Å². The van der Waals surface area contributed by atoms with Crippen LogP contribution in [0.1, 0.15) is 0 Å². The topological polar surface area (TPSA) is 33.1 Å². The average molecular weight is 308 g/mol. The molecule has 19 heavy (non-hydrogen) atoms. The molecule has 0 aliphatic rings. The zero-order valence-electron chi connectivity index (χ0n) is 10.1. The highest BCUT2D eigenvalue weighted by Gasteiger charge is 2.13.